The summed E-state index contributed by atoms with van der Waals surface area (Å²) in [5.74, 6) is -0.742. The number of aromatic nitrogens is 1. The van der Waals surface area contributed by atoms with Gasteiger partial charge in [0.2, 0.25) is 0 Å². The number of carbonyl (C=O) groups is 1. The highest BCUT2D eigenvalue weighted by Crippen LogP contribution is 2.22. The predicted octanol–water partition coefficient (Wildman–Crippen LogP) is 2.32. The van der Waals surface area contributed by atoms with Gasteiger partial charge in [-0.25, -0.2) is 0 Å². The van der Waals surface area contributed by atoms with Gasteiger partial charge in [0.15, 0.2) is 0 Å². The van der Waals surface area contributed by atoms with Gasteiger partial charge in [0.05, 0.1) is 11.1 Å². The molecule has 1 atom stereocenters. The van der Waals surface area contributed by atoms with E-state index in [2.05, 4.69) is 4.98 Å². The molecule has 0 bridgehead atoms. The third kappa shape index (κ3) is 3.81. The van der Waals surface area contributed by atoms with Crippen molar-refractivity contribution >= 4 is 5.97 Å². The molecule has 0 aliphatic heterocycles. The fraction of sp³-hybridized carbons (Fsp3) is 0.571. The topological polar surface area (TPSA) is 53.4 Å². The Balaban J connectivity index is 2.66. The van der Waals surface area contributed by atoms with E-state index >= 15 is 0 Å². The zero-order chi connectivity index (χ0) is 13.8. The summed E-state index contributed by atoms with van der Waals surface area (Å²) in [5, 5.41) is 9.25. The number of carboxylic acids is 1. The molecular formula is C14H22N2O2. The van der Waals surface area contributed by atoms with Crippen LogP contribution in [-0.2, 0) is 11.3 Å². The van der Waals surface area contributed by atoms with E-state index < -0.39 is 11.4 Å². The van der Waals surface area contributed by atoms with Crippen LogP contribution in [0.5, 0.6) is 0 Å². The molecule has 1 rings (SSSR count). The van der Waals surface area contributed by atoms with E-state index in [0.717, 1.165) is 11.4 Å². The highest BCUT2D eigenvalue weighted by atomic mass is 16.4. The highest BCUT2D eigenvalue weighted by molar-refractivity contribution is 5.74. The van der Waals surface area contributed by atoms with Gasteiger partial charge in [0, 0.05) is 18.8 Å². The number of carboxylic acid groups (broad SMARTS) is 1. The lowest BCUT2D eigenvalue weighted by Gasteiger charge is -2.28. The van der Waals surface area contributed by atoms with Gasteiger partial charge in [0.1, 0.15) is 0 Å². The van der Waals surface area contributed by atoms with E-state index in [0.29, 0.717) is 19.5 Å². The Labute approximate surface area is 109 Å². The second-order valence-electron chi connectivity index (χ2n) is 5.16. The minimum atomic E-state index is -0.742. The van der Waals surface area contributed by atoms with Crippen LogP contribution in [-0.4, -0.2) is 34.6 Å². The maximum absolute atomic E-state index is 11.3. The molecule has 1 aromatic rings. The number of aryl methyl sites for hydroxylation is 1. The van der Waals surface area contributed by atoms with Crippen molar-refractivity contribution in [3.05, 3.63) is 29.6 Å². The van der Waals surface area contributed by atoms with Gasteiger partial charge >= 0.3 is 5.97 Å². The highest BCUT2D eigenvalue weighted by Gasteiger charge is 2.32. The number of nitrogens with zero attached hydrogens (tertiary/aromatic N) is 2. The maximum Gasteiger partial charge on any atom is 0.310 e. The molecule has 4 heteroatoms. The lowest BCUT2D eigenvalue weighted by molar-refractivity contribution is -0.149. The van der Waals surface area contributed by atoms with Gasteiger partial charge in [-0.3, -0.25) is 14.7 Å². The Morgan fingerprint density at radius 3 is 2.67 bits per heavy atom. The Hall–Kier alpha value is -1.42. The van der Waals surface area contributed by atoms with Crippen LogP contribution in [0.15, 0.2) is 18.2 Å². The Morgan fingerprint density at radius 1 is 1.50 bits per heavy atom. The smallest absolute Gasteiger partial charge is 0.310 e. The summed E-state index contributed by atoms with van der Waals surface area (Å²) in [4.78, 5) is 17.7. The normalized spacial score (nSPS) is 14.5. The number of hydrogen-bond donors (Lipinski definition) is 1. The average molecular weight is 250 g/mol. The summed E-state index contributed by atoms with van der Waals surface area (Å²) >= 11 is 0. The van der Waals surface area contributed by atoms with Crippen LogP contribution in [0, 0.1) is 12.3 Å². The fourth-order valence-electron chi connectivity index (χ4n) is 1.95. The molecule has 0 fully saturated rings. The molecule has 1 N–H and O–H groups in total. The first kappa shape index (κ1) is 14.6. The van der Waals surface area contributed by atoms with Crippen LogP contribution >= 0.6 is 0 Å². The van der Waals surface area contributed by atoms with Gasteiger partial charge in [0.25, 0.3) is 0 Å². The molecule has 1 aromatic heterocycles. The second kappa shape index (κ2) is 5.96. The van der Waals surface area contributed by atoms with Crippen molar-refractivity contribution in [2.75, 3.05) is 13.6 Å². The van der Waals surface area contributed by atoms with E-state index in [1.54, 1.807) is 6.92 Å². The first-order valence-electron chi connectivity index (χ1n) is 6.22. The van der Waals surface area contributed by atoms with Crippen molar-refractivity contribution in [3.8, 4) is 0 Å². The maximum atomic E-state index is 11.3. The van der Waals surface area contributed by atoms with Gasteiger partial charge < -0.3 is 5.11 Å². The number of rotatable bonds is 6. The van der Waals surface area contributed by atoms with Crippen molar-refractivity contribution < 1.29 is 9.90 Å². The third-order valence-electron chi connectivity index (χ3n) is 3.29. The van der Waals surface area contributed by atoms with Gasteiger partial charge in [-0.05, 0) is 39.4 Å². The molecule has 0 aliphatic carbocycles. The van der Waals surface area contributed by atoms with Crippen LogP contribution in [0.4, 0.5) is 0 Å². The van der Waals surface area contributed by atoms with Crippen LogP contribution in [0.3, 0.4) is 0 Å². The minimum absolute atomic E-state index is 0.522. The molecule has 100 valence electrons. The molecule has 0 aliphatic rings. The zero-order valence-corrected chi connectivity index (χ0v) is 11.6. The summed E-state index contributed by atoms with van der Waals surface area (Å²) in [7, 11) is 1.93. The van der Waals surface area contributed by atoms with E-state index in [1.807, 2.05) is 44.0 Å². The van der Waals surface area contributed by atoms with E-state index in [4.69, 9.17) is 0 Å². The predicted molar refractivity (Wildman–Crippen MR) is 71.3 cm³/mol. The molecule has 0 spiro atoms. The van der Waals surface area contributed by atoms with Crippen LogP contribution in [0.25, 0.3) is 0 Å². The number of pyridine rings is 1. The van der Waals surface area contributed by atoms with Crippen molar-refractivity contribution in [1.29, 1.82) is 0 Å². The summed E-state index contributed by atoms with van der Waals surface area (Å²) < 4.78 is 0. The van der Waals surface area contributed by atoms with Crippen LogP contribution < -0.4 is 0 Å². The molecule has 18 heavy (non-hydrogen) atoms. The molecule has 0 radical (unpaired) electrons. The quantitative estimate of drug-likeness (QED) is 0.842. The van der Waals surface area contributed by atoms with Crippen molar-refractivity contribution in [1.82, 2.24) is 9.88 Å². The standard InChI is InChI=1S/C14H22N2O2/c1-5-14(3,13(17)18)10-16(4)9-12-8-6-7-11(2)15-12/h6-8H,5,9-10H2,1-4H3,(H,17,18). The largest absolute Gasteiger partial charge is 0.481 e. The lowest BCUT2D eigenvalue weighted by atomic mass is 9.87. The molecule has 0 aromatic carbocycles. The van der Waals surface area contributed by atoms with E-state index in [1.165, 1.54) is 0 Å². The van der Waals surface area contributed by atoms with E-state index in [9.17, 15) is 9.90 Å². The number of aliphatic carboxylic acids is 1. The molecular weight excluding hydrogens is 228 g/mol. The second-order valence-corrected chi connectivity index (χ2v) is 5.16. The molecule has 1 unspecified atom stereocenters. The minimum Gasteiger partial charge on any atom is -0.481 e. The van der Waals surface area contributed by atoms with Gasteiger partial charge in [-0.15, -0.1) is 0 Å². The zero-order valence-electron chi connectivity index (χ0n) is 11.6. The summed E-state index contributed by atoms with van der Waals surface area (Å²) in [6.45, 7) is 6.85. The SMILES string of the molecule is CCC(C)(CN(C)Cc1cccc(C)n1)C(=O)O. The molecule has 0 saturated carbocycles. The summed E-state index contributed by atoms with van der Waals surface area (Å²) in [6, 6.07) is 5.90. The number of hydrogen-bond acceptors (Lipinski definition) is 3. The Kier molecular flexibility index (Phi) is 4.84. The third-order valence-corrected chi connectivity index (χ3v) is 3.29. The van der Waals surface area contributed by atoms with Crippen molar-refractivity contribution in [2.45, 2.75) is 33.7 Å². The molecule has 0 amide bonds. The van der Waals surface area contributed by atoms with Gasteiger partial charge in [-0.2, -0.15) is 0 Å². The summed E-state index contributed by atoms with van der Waals surface area (Å²) in [5.41, 5.74) is 1.26. The first-order chi connectivity index (χ1) is 8.37. The first-order valence-corrected chi connectivity index (χ1v) is 6.22. The monoisotopic (exact) mass is 250 g/mol. The van der Waals surface area contributed by atoms with Crippen LogP contribution in [0.1, 0.15) is 31.7 Å². The molecule has 1 heterocycles. The van der Waals surface area contributed by atoms with Crippen molar-refractivity contribution in [2.24, 2.45) is 5.41 Å². The Bertz CT molecular complexity index is 420. The van der Waals surface area contributed by atoms with Crippen LogP contribution in [0.2, 0.25) is 0 Å². The molecule has 0 saturated heterocycles. The Morgan fingerprint density at radius 2 is 2.17 bits per heavy atom. The lowest BCUT2D eigenvalue weighted by Crippen LogP contribution is -2.39. The molecule has 4 nitrogen and oxygen atoms in total. The van der Waals surface area contributed by atoms with Crippen molar-refractivity contribution in [3.63, 3.8) is 0 Å². The summed E-state index contributed by atoms with van der Waals surface area (Å²) in [6.07, 6.45) is 0.619. The fourth-order valence-corrected chi connectivity index (χ4v) is 1.95. The average Bonchev–Trinajstić information content (AvgIpc) is 2.28. The van der Waals surface area contributed by atoms with E-state index in [-0.39, 0.29) is 0 Å². The van der Waals surface area contributed by atoms with Gasteiger partial charge in [-0.1, -0.05) is 13.0 Å².